The fourth-order valence-corrected chi connectivity index (χ4v) is 2.64. The molecule has 1 aliphatic rings. The highest BCUT2D eigenvalue weighted by Crippen LogP contribution is 2.15. The van der Waals surface area contributed by atoms with Crippen LogP contribution in [0.4, 0.5) is 4.79 Å². The van der Waals surface area contributed by atoms with Gasteiger partial charge in [-0.3, -0.25) is 9.89 Å². The summed E-state index contributed by atoms with van der Waals surface area (Å²) >= 11 is 0. The quantitative estimate of drug-likeness (QED) is 0.388. The van der Waals surface area contributed by atoms with Crippen LogP contribution in [0.5, 0.6) is 0 Å². The van der Waals surface area contributed by atoms with Gasteiger partial charge in [-0.1, -0.05) is 6.92 Å². The Kier molecular flexibility index (Phi) is 8.16. The molecule has 1 rings (SSSR count). The molecule has 0 aromatic heterocycles. The van der Waals surface area contributed by atoms with E-state index in [1.165, 1.54) is 19.4 Å². The number of ether oxygens (including phenoxy) is 1. The van der Waals surface area contributed by atoms with Crippen molar-refractivity contribution in [3.05, 3.63) is 0 Å². The summed E-state index contributed by atoms with van der Waals surface area (Å²) in [6, 6.07) is 0.582. The first kappa shape index (κ1) is 19.5. The Hall–Kier alpha value is -1.50. The molecular formula is C16H33N5O2. The monoisotopic (exact) mass is 327 g/mol. The number of likely N-dealkylation sites (N-methyl/N-ethyl adjacent to an activating group) is 1. The van der Waals surface area contributed by atoms with Crippen molar-refractivity contribution in [1.82, 2.24) is 20.9 Å². The number of hydrogen-bond acceptors (Lipinski definition) is 4. The average molecular weight is 327 g/mol. The van der Waals surface area contributed by atoms with E-state index in [-0.39, 0.29) is 0 Å². The molecule has 1 fully saturated rings. The van der Waals surface area contributed by atoms with E-state index >= 15 is 0 Å². The number of rotatable bonds is 6. The van der Waals surface area contributed by atoms with Gasteiger partial charge in [0.15, 0.2) is 5.96 Å². The normalized spacial score (nSPS) is 19.5. The number of hydrogen-bond donors (Lipinski definition) is 3. The molecule has 1 aliphatic heterocycles. The smallest absolute Gasteiger partial charge is 0.407 e. The van der Waals surface area contributed by atoms with Crippen LogP contribution in [-0.4, -0.2) is 68.4 Å². The number of amides is 1. The van der Waals surface area contributed by atoms with Crippen molar-refractivity contribution in [2.75, 3.05) is 39.8 Å². The predicted molar refractivity (Wildman–Crippen MR) is 93.9 cm³/mol. The second-order valence-corrected chi connectivity index (χ2v) is 6.73. The van der Waals surface area contributed by atoms with Crippen LogP contribution in [0.3, 0.4) is 0 Å². The molecule has 1 heterocycles. The first-order valence-corrected chi connectivity index (χ1v) is 8.51. The summed E-state index contributed by atoms with van der Waals surface area (Å²) < 4.78 is 5.18. The van der Waals surface area contributed by atoms with Gasteiger partial charge in [0.25, 0.3) is 0 Å². The lowest BCUT2D eigenvalue weighted by molar-refractivity contribution is 0.0529. The SMILES string of the molecule is CCN1CCCC1CNC(=NC)NCCNC(=O)OC(C)(C)C. The number of nitrogens with one attached hydrogen (secondary N) is 3. The van der Waals surface area contributed by atoms with E-state index in [2.05, 4.69) is 32.8 Å². The second kappa shape index (κ2) is 9.60. The van der Waals surface area contributed by atoms with Crippen molar-refractivity contribution in [3.8, 4) is 0 Å². The highest BCUT2D eigenvalue weighted by Gasteiger charge is 2.22. The lowest BCUT2D eigenvalue weighted by Gasteiger charge is -2.24. The molecule has 1 saturated heterocycles. The van der Waals surface area contributed by atoms with Crippen LogP contribution in [-0.2, 0) is 4.74 Å². The summed E-state index contributed by atoms with van der Waals surface area (Å²) in [6.07, 6.45) is 2.11. The van der Waals surface area contributed by atoms with Crippen molar-refractivity contribution < 1.29 is 9.53 Å². The van der Waals surface area contributed by atoms with E-state index < -0.39 is 11.7 Å². The van der Waals surface area contributed by atoms with Gasteiger partial charge in [0.1, 0.15) is 5.60 Å². The molecule has 1 amide bonds. The van der Waals surface area contributed by atoms with Crippen LogP contribution in [0.25, 0.3) is 0 Å². The Bertz CT molecular complexity index is 392. The fraction of sp³-hybridized carbons (Fsp3) is 0.875. The molecule has 0 aliphatic carbocycles. The predicted octanol–water partition coefficient (Wildman–Crippen LogP) is 1.16. The molecule has 0 aromatic carbocycles. The molecule has 0 aromatic rings. The van der Waals surface area contributed by atoms with E-state index in [1.807, 2.05) is 20.8 Å². The third kappa shape index (κ3) is 8.06. The van der Waals surface area contributed by atoms with E-state index in [0.717, 1.165) is 19.0 Å². The molecule has 0 bridgehead atoms. The highest BCUT2D eigenvalue weighted by atomic mass is 16.6. The zero-order valence-corrected chi connectivity index (χ0v) is 15.2. The van der Waals surface area contributed by atoms with Crippen molar-refractivity contribution >= 4 is 12.1 Å². The Balaban J connectivity index is 2.18. The fourth-order valence-electron chi connectivity index (χ4n) is 2.64. The van der Waals surface area contributed by atoms with E-state index in [0.29, 0.717) is 19.1 Å². The van der Waals surface area contributed by atoms with Gasteiger partial charge in [0, 0.05) is 32.7 Å². The molecule has 23 heavy (non-hydrogen) atoms. The van der Waals surface area contributed by atoms with E-state index in [1.54, 1.807) is 7.05 Å². The second-order valence-electron chi connectivity index (χ2n) is 6.73. The maximum absolute atomic E-state index is 11.5. The van der Waals surface area contributed by atoms with E-state index in [9.17, 15) is 4.79 Å². The Morgan fingerprint density at radius 3 is 2.57 bits per heavy atom. The standard InChI is InChI=1S/C16H33N5O2/c1-6-21-11-7-8-13(21)12-20-14(17-5)18-9-10-19-15(22)23-16(2,3)4/h13H,6-12H2,1-5H3,(H,19,22)(H2,17,18,20). The Morgan fingerprint density at radius 1 is 1.26 bits per heavy atom. The summed E-state index contributed by atoms with van der Waals surface area (Å²) in [5, 5.41) is 9.27. The summed E-state index contributed by atoms with van der Waals surface area (Å²) in [6.45, 7) is 12.0. The lowest BCUT2D eigenvalue weighted by atomic mass is 10.2. The van der Waals surface area contributed by atoms with Crippen LogP contribution < -0.4 is 16.0 Å². The summed E-state index contributed by atoms with van der Waals surface area (Å²) in [5.41, 5.74) is -0.471. The molecule has 0 saturated carbocycles. The van der Waals surface area contributed by atoms with Crippen molar-refractivity contribution in [2.24, 2.45) is 4.99 Å². The Labute approximate surface area is 140 Å². The first-order valence-electron chi connectivity index (χ1n) is 8.51. The molecule has 0 spiro atoms. The van der Waals surface area contributed by atoms with Gasteiger partial charge < -0.3 is 20.7 Å². The van der Waals surface area contributed by atoms with Gasteiger partial charge in [0.05, 0.1) is 0 Å². The molecular weight excluding hydrogens is 294 g/mol. The van der Waals surface area contributed by atoms with Gasteiger partial charge in [-0.05, 0) is 46.7 Å². The van der Waals surface area contributed by atoms with Crippen molar-refractivity contribution in [2.45, 2.75) is 52.2 Å². The molecule has 0 radical (unpaired) electrons. The molecule has 3 N–H and O–H groups in total. The number of aliphatic imine (C=N–C) groups is 1. The van der Waals surface area contributed by atoms with Crippen LogP contribution in [0.1, 0.15) is 40.5 Å². The van der Waals surface area contributed by atoms with Gasteiger partial charge in [-0.2, -0.15) is 0 Å². The van der Waals surface area contributed by atoms with Crippen LogP contribution in [0, 0.1) is 0 Å². The third-order valence-corrected chi connectivity index (χ3v) is 3.72. The molecule has 134 valence electrons. The van der Waals surface area contributed by atoms with E-state index in [4.69, 9.17) is 4.74 Å². The number of alkyl carbamates (subject to hydrolysis) is 1. The maximum Gasteiger partial charge on any atom is 0.407 e. The summed E-state index contributed by atoms with van der Waals surface area (Å²) in [5.74, 6) is 0.763. The summed E-state index contributed by atoms with van der Waals surface area (Å²) in [7, 11) is 1.75. The maximum atomic E-state index is 11.5. The van der Waals surface area contributed by atoms with Crippen LogP contribution >= 0.6 is 0 Å². The first-order chi connectivity index (χ1) is 10.9. The number of guanidine groups is 1. The van der Waals surface area contributed by atoms with Crippen LogP contribution in [0.2, 0.25) is 0 Å². The number of nitrogens with zero attached hydrogens (tertiary/aromatic N) is 2. The Morgan fingerprint density at radius 2 is 1.96 bits per heavy atom. The highest BCUT2D eigenvalue weighted by molar-refractivity contribution is 5.79. The topological polar surface area (TPSA) is 78.0 Å². The average Bonchev–Trinajstić information content (AvgIpc) is 2.92. The largest absolute Gasteiger partial charge is 0.444 e. The molecule has 1 atom stereocenters. The number of carbonyl (C=O) groups is 1. The molecule has 1 unspecified atom stereocenters. The molecule has 7 heteroatoms. The number of carbonyl (C=O) groups excluding carboxylic acids is 1. The minimum Gasteiger partial charge on any atom is -0.444 e. The van der Waals surface area contributed by atoms with Gasteiger partial charge >= 0.3 is 6.09 Å². The zero-order valence-electron chi connectivity index (χ0n) is 15.2. The minimum absolute atomic E-state index is 0.396. The van der Waals surface area contributed by atoms with Crippen molar-refractivity contribution in [3.63, 3.8) is 0 Å². The van der Waals surface area contributed by atoms with Crippen molar-refractivity contribution in [1.29, 1.82) is 0 Å². The zero-order chi connectivity index (χ0) is 17.3. The van der Waals surface area contributed by atoms with Gasteiger partial charge in [-0.15, -0.1) is 0 Å². The number of likely N-dealkylation sites (tertiary alicyclic amines) is 1. The lowest BCUT2D eigenvalue weighted by Crippen LogP contribution is -2.46. The molecule has 7 nitrogen and oxygen atoms in total. The van der Waals surface area contributed by atoms with Crippen LogP contribution in [0.15, 0.2) is 4.99 Å². The summed E-state index contributed by atoms with van der Waals surface area (Å²) in [4.78, 5) is 18.2. The third-order valence-electron chi connectivity index (χ3n) is 3.72. The minimum atomic E-state index is -0.471. The van der Waals surface area contributed by atoms with Gasteiger partial charge in [-0.25, -0.2) is 4.79 Å². The van der Waals surface area contributed by atoms with Gasteiger partial charge in [0.2, 0.25) is 0 Å².